The Kier molecular flexibility index (Phi) is 12.7. The lowest BCUT2D eigenvalue weighted by Gasteiger charge is -2.35. The van der Waals surface area contributed by atoms with Crippen LogP contribution in [0.5, 0.6) is 0 Å². The number of nitrogens with one attached hydrogen (secondary N) is 2. The highest BCUT2D eigenvalue weighted by molar-refractivity contribution is 6.53. The van der Waals surface area contributed by atoms with Gasteiger partial charge in [-0.3, -0.25) is 29.0 Å². The molecule has 40 heavy (non-hydrogen) atoms. The molecule has 0 bridgehead atoms. The number of hydrogen-bond donors (Lipinski definition) is 2. The van der Waals surface area contributed by atoms with Gasteiger partial charge in [0.1, 0.15) is 11.7 Å². The van der Waals surface area contributed by atoms with Crippen molar-refractivity contribution < 1.29 is 28.6 Å². The van der Waals surface area contributed by atoms with Crippen molar-refractivity contribution in [2.24, 2.45) is 11.8 Å². The number of nitrogens with zero attached hydrogens (tertiary/aromatic N) is 3. The molecular formula is C28H40BN5O6. The highest BCUT2D eigenvalue weighted by Gasteiger charge is 2.42. The molecule has 12 heteroatoms. The Balaban J connectivity index is 2.41. The van der Waals surface area contributed by atoms with Crippen LogP contribution >= 0.6 is 0 Å². The Labute approximate surface area is 236 Å². The van der Waals surface area contributed by atoms with Crippen molar-refractivity contribution in [2.45, 2.75) is 65.5 Å². The molecule has 0 fully saturated rings. The average molecular weight is 553 g/mol. The molecule has 0 aliphatic heterocycles. The molecule has 216 valence electrons. The SMILES string of the molecule is COC(=O)[C@@H](C)N(C)B(OC(=O)C(C)C)[C@H](CC(C)C)NC(=O)[C@H](Cc1ccccc1)NC(=O)c1cnccn1. The van der Waals surface area contributed by atoms with E-state index in [1.54, 1.807) is 32.6 Å². The van der Waals surface area contributed by atoms with E-state index in [4.69, 9.17) is 9.39 Å². The van der Waals surface area contributed by atoms with E-state index in [2.05, 4.69) is 20.6 Å². The lowest BCUT2D eigenvalue weighted by atomic mass is 9.66. The van der Waals surface area contributed by atoms with E-state index in [0.717, 1.165) is 5.56 Å². The van der Waals surface area contributed by atoms with Crippen LogP contribution in [0.1, 0.15) is 57.1 Å². The minimum absolute atomic E-state index is 0.0717. The molecular weight excluding hydrogens is 513 g/mol. The molecule has 11 nitrogen and oxygen atoms in total. The van der Waals surface area contributed by atoms with Crippen molar-refractivity contribution in [3.63, 3.8) is 0 Å². The van der Waals surface area contributed by atoms with Crippen LogP contribution in [0.2, 0.25) is 0 Å². The minimum atomic E-state index is -0.983. The third kappa shape index (κ3) is 9.75. The van der Waals surface area contributed by atoms with Gasteiger partial charge in [-0.05, 0) is 31.9 Å². The predicted octanol–water partition coefficient (Wildman–Crippen LogP) is 2.07. The van der Waals surface area contributed by atoms with Gasteiger partial charge in [0.05, 0.1) is 25.3 Å². The predicted molar refractivity (Wildman–Crippen MR) is 151 cm³/mol. The minimum Gasteiger partial charge on any atom is -0.518 e. The van der Waals surface area contributed by atoms with Gasteiger partial charge in [-0.25, -0.2) is 4.98 Å². The summed E-state index contributed by atoms with van der Waals surface area (Å²) in [7, 11) is 1.93. The normalized spacial score (nSPS) is 13.3. The highest BCUT2D eigenvalue weighted by Crippen LogP contribution is 2.16. The second-order valence-corrected chi connectivity index (χ2v) is 10.4. The smallest absolute Gasteiger partial charge is 0.475 e. The number of benzene rings is 1. The number of aromatic nitrogens is 2. The maximum Gasteiger partial charge on any atom is 0.475 e. The third-order valence-corrected chi connectivity index (χ3v) is 6.36. The van der Waals surface area contributed by atoms with Crippen LogP contribution in [0.15, 0.2) is 48.9 Å². The molecule has 0 radical (unpaired) electrons. The van der Waals surface area contributed by atoms with E-state index in [1.807, 2.05) is 44.2 Å². The van der Waals surface area contributed by atoms with E-state index < -0.39 is 54.7 Å². The van der Waals surface area contributed by atoms with Gasteiger partial charge in [-0.1, -0.05) is 58.0 Å². The second-order valence-electron chi connectivity index (χ2n) is 10.4. The monoisotopic (exact) mass is 553 g/mol. The first kappa shape index (κ1) is 32.4. The summed E-state index contributed by atoms with van der Waals surface area (Å²) in [6.45, 7) is 8.99. The number of esters is 1. The zero-order valence-electron chi connectivity index (χ0n) is 24.3. The Bertz CT molecular complexity index is 1120. The summed E-state index contributed by atoms with van der Waals surface area (Å²) in [6, 6.07) is 7.54. The van der Waals surface area contributed by atoms with Gasteiger partial charge < -0.3 is 20.0 Å². The fourth-order valence-corrected chi connectivity index (χ4v) is 4.01. The molecule has 0 unspecified atom stereocenters. The van der Waals surface area contributed by atoms with Crippen LogP contribution in [-0.2, 0) is 30.2 Å². The molecule has 2 aromatic rings. The van der Waals surface area contributed by atoms with Crippen LogP contribution in [0.3, 0.4) is 0 Å². The fourth-order valence-electron chi connectivity index (χ4n) is 4.01. The summed E-state index contributed by atoms with van der Waals surface area (Å²) in [5, 5.41) is 5.77. The number of likely N-dealkylation sites (N-methyl/N-ethyl adjacent to an activating group) is 1. The summed E-state index contributed by atoms with van der Waals surface area (Å²) in [5.74, 6) is -3.07. The first-order valence-corrected chi connectivity index (χ1v) is 13.4. The largest absolute Gasteiger partial charge is 0.518 e. The third-order valence-electron chi connectivity index (χ3n) is 6.36. The van der Waals surface area contributed by atoms with Gasteiger partial charge in [-0.2, -0.15) is 0 Å². The molecule has 0 aliphatic rings. The molecule has 1 aromatic heterocycles. The lowest BCUT2D eigenvalue weighted by molar-refractivity contribution is -0.146. The van der Waals surface area contributed by atoms with Crippen LogP contribution in [0.25, 0.3) is 0 Å². The molecule has 2 amide bonds. The summed E-state index contributed by atoms with van der Waals surface area (Å²) in [6.07, 6.45) is 4.80. The van der Waals surface area contributed by atoms with Crippen molar-refractivity contribution >= 4 is 30.8 Å². The van der Waals surface area contributed by atoms with Gasteiger partial charge in [0.25, 0.3) is 11.9 Å². The number of rotatable bonds is 14. The summed E-state index contributed by atoms with van der Waals surface area (Å²) >= 11 is 0. The summed E-state index contributed by atoms with van der Waals surface area (Å²) in [5.41, 5.74) is 0.907. The first-order valence-electron chi connectivity index (χ1n) is 13.4. The van der Waals surface area contributed by atoms with E-state index in [1.165, 1.54) is 25.7 Å². The van der Waals surface area contributed by atoms with Crippen molar-refractivity contribution in [2.75, 3.05) is 14.2 Å². The molecule has 0 spiro atoms. The Morgan fingerprint density at radius 2 is 1.65 bits per heavy atom. The maximum atomic E-state index is 13.8. The molecule has 3 atom stereocenters. The van der Waals surface area contributed by atoms with E-state index in [9.17, 15) is 19.2 Å². The van der Waals surface area contributed by atoms with E-state index in [-0.39, 0.29) is 18.0 Å². The van der Waals surface area contributed by atoms with Crippen molar-refractivity contribution in [3.8, 4) is 0 Å². The molecule has 1 aromatic carbocycles. The lowest BCUT2D eigenvalue weighted by Crippen LogP contribution is -2.62. The van der Waals surface area contributed by atoms with Crippen molar-refractivity contribution in [1.82, 2.24) is 25.4 Å². The van der Waals surface area contributed by atoms with E-state index >= 15 is 0 Å². The average Bonchev–Trinajstić information content (AvgIpc) is 2.94. The van der Waals surface area contributed by atoms with Crippen LogP contribution in [0.4, 0.5) is 0 Å². The number of methoxy groups -OCH3 is 1. The summed E-state index contributed by atoms with van der Waals surface area (Å²) < 4.78 is 10.8. The van der Waals surface area contributed by atoms with Crippen molar-refractivity contribution in [1.29, 1.82) is 0 Å². The number of carbonyl (C=O) groups is 4. The molecule has 0 saturated carbocycles. The summed E-state index contributed by atoms with van der Waals surface area (Å²) in [4.78, 5) is 61.4. The molecule has 2 rings (SSSR count). The van der Waals surface area contributed by atoms with Crippen LogP contribution in [-0.4, -0.2) is 77.8 Å². The Hall–Kier alpha value is -3.80. The van der Waals surface area contributed by atoms with Gasteiger partial charge in [-0.15, -0.1) is 0 Å². The maximum absolute atomic E-state index is 13.8. The zero-order valence-corrected chi connectivity index (χ0v) is 24.3. The number of hydrogen-bond acceptors (Lipinski definition) is 9. The van der Waals surface area contributed by atoms with Crippen LogP contribution in [0, 0.1) is 11.8 Å². The topological polar surface area (TPSA) is 140 Å². The molecule has 1 heterocycles. The Morgan fingerprint density at radius 1 is 0.975 bits per heavy atom. The number of ether oxygens (including phenoxy) is 1. The Morgan fingerprint density at radius 3 is 2.20 bits per heavy atom. The number of carbonyl (C=O) groups excluding carboxylic acids is 4. The fraction of sp³-hybridized carbons (Fsp3) is 0.500. The van der Waals surface area contributed by atoms with Crippen molar-refractivity contribution in [3.05, 3.63) is 60.2 Å². The second kappa shape index (κ2) is 15.7. The van der Waals surface area contributed by atoms with Gasteiger partial charge in [0.2, 0.25) is 5.91 Å². The number of amides is 2. The van der Waals surface area contributed by atoms with Crippen LogP contribution < -0.4 is 10.6 Å². The quantitative estimate of drug-likeness (QED) is 0.266. The molecule has 0 aliphatic carbocycles. The highest BCUT2D eigenvalue weighted by atomic mass is 16.5. The van der Waals surface area contributed by atoms with Gasteiger partial charge in [0.15, 0.2) is 0 Å². The van der Waals surface area contributed by atoms with Gasteiger partial charge in [0, 0.05) is 24.7 Å². The first-order chi connectivity index (χ1) is 18.9. The van der Waals surface area contributed by atoms with E-state index in [0.29, 0.717) is 6.42 Å². The molecule has 2 N–H and O–H groups in total. The van der Waals surface area contributed by atoms with Gasteiger partial charge >= 0.3 is 13.0 Å². The standard InChI is InChI=1S/C28H40BN5O6/c1-18(2)15-24(29(40-27(37)19(3)4)34(6)20(5)28(38)39-7)33-25(35)22(16-21-11-9-8-10-12-21)32-26(36)23-17-30-13-14-31-23/h8-14,17-20,22,24H,15-16H2,1-7H3,(H,32,36)(H,33,35)/t20-,22+,24+/m1/s1. The molecule has 0 saturated heterocycles. The zero-order chi connectivity index (χ0) is 29.8.